The minimum atomic E-state index is -1.54. The van der Waals surface area contributed by atoms with Crippen LogP contribution >= 0.6 is 0 Å². The highest BCUT2D eigenvalue weighted by molar-refractivity contribution is 6.15. The fraction of sp³-hybridized carbons (Fsp3) is 0.0909. The monoisotopic (exact) mass is 265 g/mol. The summed E-state index contributed by atoms with van der Waals surface area (Å²) in [6.45, 7) is -0.808. The van der Waals surface area contributed by atoms with Gasteiger partial charge >= 0.3 is 11.9 Å². The Morgan fingerprint density at radius 1 is 1.21 bits per heavy atom. The summed E-state index contributed by atoms with van der Waals surface area (Å²) in [7, 11) is 0. The van der Waals surface area contributed by atoms with E-state index < -0.39 is 46.8 Å². The van der Waals surface area contributed by atoms with Gasteiger partial charge in [0.15, 0.2) is 11.2 Å². The molecule has 0 saturated carbocycles. The van der Waals surface area contributed by atoms with E-state index in [2.05, 4.69) is 0 Å². The highest BCUT2D eigenvalue weighted by Gasteiger charge is 2.31. The maximum absolute atomic E-state index is 11.7. The van der Waals surface area contributed by atoms with Crippen LogP contribution in [0, 0.1) is 0 Å². The van der Waals surface area contributed by atoms with Crippen molar-refractivity contribution in [3.05, 3.63) is 39.0 Å². The average Bonchev–Trinajstić information content (AvgIpc) is 2.59. The van der Waals surface area contributed by atoms with Gasteiger partial charge in [-0.25, -0.2) is 4.79 Å². The molecule has 1 aromatic heterocycles. The predicted molar refractivity (Wildman–Crippen MR) is 60.2 cm³/mol. The zero-order valence-electron chi connectivity index (χ0n) is 9.28. The first-order valence-corrected chi connectivity index (χ1v) is 5.01. The van der Waals surface area contributed by atoms with Crippen LogP contribution in [0.25, 0.3) is 6.08 Å². The quantitative estimate of drug-likeness (QED) is 0.684. The molecular formula is C11H7NO7. The van der Waals surface area contributed by atoms with Crippen LogP contribution in [0.2, 0.25) is 0 Å². The predicted octanol–water partition coefficient (Wildman–Crippen LogP) is -0.274. The number of carboxylic acids is 2. The van der Waals surface area contributed by atoms with E-state index in [1.807, 2.05) is 0 Å². The molecule has 1 aliphatic rings. The number of ketones is 1. The molecule has 0 bridgehead atoms. The molecule has 0 saturated heterocycles. The van der Waals surface area contributed by atoms with Crippen molar-refractivity contribution in [1.29, 1.82) is 0 Å². The van der Waals surface area contributed by atoms with Crippen molar-refractivity contribution in [1.82, 2.24) is 4.57 Å². The van der Waals surface area contributed by atoms with E-state index in [9.17, 15) is 24.3 Å². The number of nitrogens with zero attached hydrogens (tertiary/aromatic N) is 1. The Hall–Kier alpha value is -2.90. The number of rotatable bonds is 3. The van der Waals surface area contributed by atoms with Crippen molar-refractivity contribution in [2.24, 2.45) is 0 Å². The fourth-order valence-electron chi connectivity index (χ4n) is 1.85. The first kappa shape index (κ1) is 12.6. The first-order valence-electron chi connectivity index (χ1n) is 5.01. The maximum Gasteiger partial charge on any atom is 0.352 e. The molecule has 0 unspecified atom stereocenters. The molecule has 1 aliphatic carbocycles. The van der Waals surface area contributed by atoms with Gasteiger partial charge in [0.2, 0.25) is 5.78 Å². The van der Waals surface area contributed by atoms with E-state index in [-0.39, 0.29) is 5.56 Å². The lowest BCUT2D eigenvalue weighted by molar-refractivity contribution is -0.137. The second kappa shape index (κ2) is 4.09. The van der Waals surface area contributed by atoms with Gasteiger partial charge in [-0.3, -0.25) is 14.4 Å². The maximum atomic E-state index is 11.7. The molecule has 0 fully saturated rings. The van der Waals surface area contributed by atoms with Gasteiger partial charge in [0, 0.05) is 6.07 Å². The molecule has 8 heteroatoms. The molecule has 0 atom stereocenters. The number of aliphatic hydroxyl groups excluding tert-OH is 1. The third-order valence-corrected chi connectivity index (χ3v) is 2.59. The second-order valence-electron chi connectivity index (χ2n) is 3.80. The SMILES string of the molecule is O=C(O)Cn1c(C(=O)O)cc(=O)c2c1C(=O)C(O)=C2. The Balaban J connectivity index is 2.82. The van der Waals surface area contributed by atoms with Crippen LogP contribution in [0.4, 0.5) is 0 Å². The number of aromatic carboxylic acids is 1. The number of allylic oxidation sites excluding steroid dienone is 1. The number of aromatic nitrogens is 1. The zero-order chi connectivity index (χ0) is 14.3. The van der Waals surface area contributed by atoms with Gasteiger partial charge in [-0.1, -0.05) is 0 Å². The number of aliphatic carboxylic acids is 1. The number of pyridine rings is 1. The van der Waals surface area contributed by atoms with Crippen LogP contribution in [0.1, 0.15) is 26.5 Å². The molecule has 0 spiro atoms. The number of aliphatic hydroxyl groups is 1. The van der Waals surface area contributed by atoms with E-state index >= 15 is 0 Å². The Labute approximate surface area is 104 Å². The third-order valence-electron chi connectivity index (χ3n) is 2.59. The van der Waals surface area contributed by atoms with E-state index in [0.717, 1.165) is 6.08 Å². The Bertz CT molecular complexity index is 710. The van der Waals surface area contributed by atoms with Crippen molar-refractivity contribution >= 4 is 23.8 Å². The molecule has 2 rings (SSSR count). The molecule has 0 aliphatic heterocycles. The summed E-state index contributed by atoms with van der Waals surface area (Å²) < 4.78 is 0.684. The van der Waals surface area contributed by atoms with E-state index in [1.54, 1.807) is 0 Å². The van der Waals surface area contributed by atoms with Crippen LogP contribution < -0.4 is 5.43 Å². The molecule has 0 amide bonds. The first-order chi connectivity index (χ1) is 8.82. The zero-order valence-corrected chi connectivity index (χ0v) is 9.28. The van der Waals surface area contributed by atoms with Crippen LogP contribution in [0.15, 0.2) is 16.6 Å². The summed E-state index contributed by atoms with van der Waals surface area (Å²) >= 11 is 0. The van der Waals surface area contributed by atoms with Gasteiger partial charge in [0.25, 0.3) is 0 Å². The highest BCUT2D eigenvalue weighted by atomic mass is 16.4. The normalized spacial score (nSPS) is 13.1. The number of Topliss-reactive ketones (excluding diaryl/α,β-unsaturated/α-hetero) is 1. The summed E-state index contributed by atoms with van der Waals surface area (Å²) in [6.07, 6.45) is 0.893. The van der Waals surface area contributed by atoms with Crippen molar-refractivity contribution in [2.45, 2.75) is 6.54 Å². The van der Waals surface area contributed by atoms with Gasteiger partial charge in [-0.05, 0) is 6.08 Å². The standard InChI is InChI=1S/C11H7NO7/c13-6-2-5(11(18)19)12(3-8(15)16)9-4(6)1-7(14)10(9)17/h1-2H,3H2,(H,14,17)(H,15,16)(H,18,19). The molecular weight excluding hydrogens is 258 g/mol. The van der Waals surface area contributed by atoms with Gasteiger partial charge in [0.05, 0.1) is 5.56 Å². The number of fused-ring (bicyclic) bond motifs is 1. The van der Waals surface area contributed by atoms with Crippen LogP contribution in [0.3, 0.4) is 0 Å². The van der Waals surface area contributed by atoms with E-state index in [4.69, 9.17) is 10.2 Å². The van der Waals surface area contributed by atoms with Crippen molar-refractivity contribution < 1.29 is 29.7 Å². The molecule has 8 nitrogen and oxygen atoms in total. The highest BCUT2D eigenvalue weighted by Crippen LogP contribution is 2.22. The lowest BCUT2D eigenvalue weighted by atomic mass is 10.1. The van der Waals surface area contributed by atoms with Gasteiger partial charge < -0.3 is 19.9 Å². The topological polar surface area (TPSA) is 134 Å². The number of carboxylic acid groups (broad SMARTS) is 2. The smallest absolute Gasteiger partial charge is 0.352 e. The van der Waals surface area contributed by atoms with E-state index in [1.165, 1.54) is 0 Å². The van der Waals surface area contributed by atoms with Gasteiger partial charge in [0.1, 0.15) is 17.9 Å². The largest absolute Gasteiger partial charge is 0.504 e. The minimum Gasteiger partial charge on any atom is -0.504 e. The minimum absolute atomic E-state index is 0.214. The Morgan fingerprint density at radius 2 is 1.84 bits per heavy atom. The fourth-order valence-corrected chi connectivity index (χ4v) is 1.85. The Kier molecular flexibility index (Phi) is 2.70. The summed E-state index contributed by atoms with van der Waals surface area (Å²) in [4.78, 5) is 45.0. The molecule has 1 aromatic rings. The second-order valence-corrected chi connectivity index (χ2v) is 3.80. The van der Waals surface area contributed by atoms with Crippen molar-refractivity contribution in [2.75, 3.05) is 0 Å². The molecule has 0 radical (unpaired) electrons. The lowest BCUT2D eigenvalue weighted by Crippen LogP contribution is -2.26. The summed E-state index contributed by atoms with van der Waals surface area (Å²) in [5.74, 6) is -4.63. The van der Waals surface area contributed by atoms with Crippen LogP contribution in [-0.4, -0.2) is 37.6 Å². The third kappa shape index (κ3) is 1.88. The Morgan fingerprint density at radius 3 is 2.37 bits per heavy atom. The molecule has 1 heterocycles. The summed E-state index contributed by atoms with van der Waals surface area (Å²) in [5, 5.41) is 27.0. The molecule has 98 valence electrons. The van der Waals surface area contributed by atoms with Crippen LogP contribution in [0.5, 0.6) is 0 Å². The number of hydrogen-bond acceptors (Lipinski definition) is 5. The van der Waals surface area contributed by atoms with Crippen LogP contribution in [-0.2, 0) is 11.3 Å². The van der Waals surface area contributed by atoms with Gasteiger partial charge in [-0.2, -0.15) is 0 Å². The number of carbonyl (C=O) groups excluding carboxylic acids is 1. The molecule has 3 N–H and O–H groups in total. The molecule has 0 aromatic carbocycles. The van der Waals surface area contributed by atoms with Crippen molar-refractivity contribution in [3.63, 3.8) is 0 Å². The average molecular weight is 265 g/mol. The summed E-state index contributed by atoms with van der Waals surface area (Å²) in [6, 6.07) is 0.715. The van der Waals surface area contributed by atoms with Crippen molar-refractivity contribution in [3.8, 4) is 0 Å². The molecule has 19 heavy (non-hydrogen) atoms. The van der Waals surface area contributed by atoms with E-state index in [0.29, 0.717) is 10.6 Å². The number of carbonyl (C=O) groups is 3. The summed E-state index contributed by atoms with van der Waals surface area (Å²) in [5.41, 5.74) is -2.03. The van der Waals surface area contributed by atoms with Gasteiger partial charge in [-0.15, -0.1) is 0 Å². The lowest BCUT2D eigenvalue weighted by Gasteiger charge is -2.12. The number of hydrogen-bond donors (Lipinski definition) is 3.